The summed E-state index contributed by atoms with van der Waals surface area (Å²) >= 11 is 0. The lowest BCUT2D eigenvalue weighted by atomic mass is 9.98. The number of aryl methyl sites for hydroxylation is 2. The van der Waals surface area contributed by atoms with Crippen molar-refractivity contribution in [3.8, 4) is 45.3 Å². The lowest BCUT2D eigenvalue weighted by molar-refractivity contribution is -0.779. The number of β-amino-alcohol motifs (C(OH)–C–C–N with tert-alkyl or cyclic N) is 1. The Bertz CT molecular complexity index is 4310. The molecule has 0 radical (unpaired) electrons. The van der Waals surface area contributed by atoms with Crippen molar-refractivity contribution < 1.29 is 19.8 Å². The molecule has 1 amide bonds. The van der Waals surface area contributed by atoms with Crippen molar-refractivity contribution in [1.82, 2.24) is 58.1 Å². The van der Waals surface area contributed by atoms with E-state index in [4.69, 9.17) is 24.9 Å². The van der Waals surface area contributed by atoms with Crippen LogP contribution in [0.2, 0.25) is 0 Å². The highest BCUT2D eigenvalue weighted by molar-refractivity contribution is 6.01. The van der Waals surface area contributed by atoms with Crippen molar-refractivity contribution in [2.45, 2.75) is 102 Å². The first-order valence-electron chi connectivity index (χ1n) is 28.5. The fourth-order valence-electron chi connectivity index (χ4n) is 12.7. The van der Waals surface area contributed by atoms with E-state index >= 15 is 0 Å². The summed E-state index contributed by atoms with van der Waals surface area (Å²) in [5, 5.41) is 30.4. The molecule has 2 atom stereocenters. The Kier molecular flexibility index (Phi) is 12.1. The number of aliphatic hydroxyl groups excluding tert-OH is 2. The first-order chi connectivity index (χ1) is 39.2. The number of para-hydroxylation sites is 1. The van der Waals surface area contributed by atoms with E-state index in [2.05, 4.69) is 98.6 Å². The van der Waals surface area contributed by atoms with Crippen LogP contribution in [0.1, 0.15) is 145 Å². The maximum atomic E-state index is 14.0. The van der Waals surface area contributed by atoms with E-state index in [1.165, 1.54) is 5.69 Å². The number of hydrogen-bond donors (Lipinski definition) is 2. The van der Waals surface area contributed by atoms with Crippen LogP contribution in [-0.2, 0) is 41.2 Å². The third-order valence-electron chi connectivity index (χ3n) is 16.9. The number of amides is 1. The van der Waals surface area contributed by atoms with E-state index in [-0.39, 0.29) is 24.3 Å². The molecule has 11 aromatic rings. The number of aliphatic hydroxyl groups is 2. The second-order valence-electron chi connectivity index (χ2n) is 23.4. The molecule has 2 saturated carbocycles. The highest BCUT2D eigenvalue weighted by Crippen LogP contribution is 2.49. The van der Waals surface area contributed by atoms with Gasteiger partial charge in [0, 0.05) is 104 Å². The summed E-state index contributed by atoms with van der Waals surface area (Å²) in [7, 11) is 8.19. The molecule has 2 N–H and O–H groups in total. The topological polar surface area (TPSA) is 167 Å². The maximum Gasteiger partial charge on any atom is 0.375 e. The Morgan fingerprint density at radius 2 is 1.21 bits per heavy atom. The molecule has 16 heteroatoms. The van der Waals surface area contributed by atoms with Gasteiger partial charge < -0.3 is 24.2 Å². The van der Waals surface area contributed by atoms with Gasteiger partial charge in [0.1, 0.15) is 28.8 Å². The highest BCUT2D eigenvalue weighted by Gasteiger charge is 2.39. The normalized spacial score (nSPS) is 15.4. The van der Waals surface area contributed by atoms with E-state index in [1.54, 1.807) is 4.90 Å². The summed E-state index contributed by atoms with van der Waals surface area (Å²) in [4.78, 5) is 45.3. The fourth-order valence-corrected chi connectivity index (χ4v) is 12.7. The molecular formula is C65H66N13O3+. The van der Waals surface area contributed by atoms with Crippen LogP contribution in [0.15, 0.2) is 122 Å². The van der Waals surface area contributed by atoms with Crippen LogP contribution in [0.3, 0.4) is 0 Å². The van der Waals surface area contributed by atoms with Gasteiger partial charge in [0.05, 0.1) is 46.9 Å². The van der Waals surface area contributed by atoms with Gasteiger partial charge in [-0.3, -0.25) is 9.48 Å². The lowest BCUT2D eigenvalue weighted by Crippen LogP contribution is -2.50. The Balaban J connectivity index is 0.912. The van der Waals surface area contributed by atoms with E-state index in [1.807, 2.05) is 112 Å². The molecule has 7 aromatic heterocycles. The second-order valence-corrected chi connectivity index (χ2v) is 23.4. The molecule has 0 bridgehead atoms. The number of carbonyl (C=O) groups excluding carboxylic acids is 1. The van der Waals surface area contributed by atoms with Gasteiger partial charge in [0.2, 0.25) is 0 Å². The second kappa shape index (κ2) is 19.3. The molecule has 14 rings (SSSR count). The van der Waals surface area contributed by atoms with Gasteiger partial charge in [-0.25, -0.2) is 24.6 Å². The van der Waals surface area contributed by atoms with Crippen molar-refractivity contribution in [1.29, 1.82) is 0 Å². The summed E-state index contributed by atoms with van der Waals surface area (Å²) in [5.74, 6) is 2.86. The minimum Gasteiger partial charge on any atom is -0.387 e. The summed E-state index contributed by atoms with van der Waals surface area (Å²) in [6.07, 6.45) is 6.91. The summed E-state index contributed by atoms with van der Waals surface area (Å²) < 4.78 is 10.4. The number of benzene rings is 4. The zero-order chi connectivity index (χ0) is 55.7. The monoisotopic (exact) mass is 1080 g/mol. The predicted octanol–water partition coefficient (Wildman–Crippen LogP) is 10.9. The van der Waals surface area contributed by atoms with Crippen molar-refractivity contribution >= 4 is 39.0 Å². The molecule has 0 spiro atoms. The first-order valence-corrected chi connectivity index (χ1v) is 28.5. The number of hydrogen-bond acceptors (Lipinski definition) is 9. The van der Waals surface area contributed by atoms with Crippen molar-refractivity contribution in [3.63, 3.8) is 0 Å². The van der Waals surface area contributed by atoms with Crippen molar-refractivity contribution in [2.75, 3.05) is 6.54 Å². The maximum absolute atomic E-state index is 14.0. The third-order valence-corrected chi connectivity index (χ3v) is 16.9. The minimum absolute atomic E-state index is 0.00970. The van der Waals surface area contributed by atoms with Gasteiger partial charge in [0.15, 0.2) is 17.2 Å². The Hall–Kier alpha value is -8.60. The largest absolute Gasteiger partial charge is 0.387 e. The highest BCUT2D eigenvalue weighted by atomic mass is 16.3. The van der Waals surface area contributed by atoms with Crippen LogP contribution in [0.5, 0.6) is 0 Å². The molecule has 3 aliphatic rings. The molecule has 4 aromatic carbocycles. The van der Waals surface area contributed by atoms with Crippen LogP contribution < -0.4 is 4.79 Å². The number of nitrogens with zero attached hydrogens (tertiary/aromatic N) is 13. The number of pyridine rings is 2. The average molecular weight is 1080 g/mol. The summed E-state index contributed by atoms with van der Waals surface area (Å²) in [6.45, 7) is 9.26. The third kappa shape index (κ3) is 8.48. The van der Waals surface area contributed by atoms with E-state index in [0.717, 1.165) is 132 Å². The van der Waals surface area contributed by atoms with Crippen LogP contribution >= 0.6 is 0 Å². The number of aromatic nitrogens is 12. The molecule has 0 saturated heterocycles. The van der Waals surface area contributed by atoms with Gasteiger partial charge in [-0.15, -0.1) is 4.68 Å². The Morgan fingerprint density at radius 1 is 0.617 bits per heavy atom. The van der Waals surface area contributed by atoms with Crippen LogP contribution in [0, 0.1) is 0 Å². The molecule has 8 heterocycles. The zero-order valence-corrected chi connectivity index (χ0v) is 47.1. The first kappa shape index (κ1) is 50.6. The average Bonchev–Trinajstić information content (AvgIpc) is 3.55. The van der Waals surface area contributed by atoms with Gasteiger partial charge in [-0.2, -0.15) is 5.10 Å². The van der Waals surface area contributed by atoms with Gasteiger partial charge in [-0.05, 0) is 82.3 Å². The quantitative estimate of drug-likeness (QED) is 0.0950. The van der Waals surface area contributed by atoms with E-state index < -0.39 is 12.2 Å². The number of rotatable bonds is 15. The predicted molar refractivity (Wildman–Crippen MR) is 312 cm³/mol. The van der Waals surface area contributed by atoms with Crippen molar-refractivity contribution in [3.05, 3.63) is 172 Å². The fraction of sp³-hybridized carbons (Fsp3) is 0.323. The van der Waals surface area contributed by atoms with E-state index in [0.29, 0.717) is 41.8 Å². The minimum atomic E-state index is -0.996. The van der Waals surface area contributed by atoms with Gasteiger partial charge in [0.25, 0.3) is 5.91 Å². The van der Waals surface area contributed by atoms with Crippen molar-refractivity contribution in [2.24, 2.45) is 28.2 Å². The number of imidazole rings is 3. The Morgan fingerprint density at radius 3 is 1.86 bits per heavy atom. The molecule has 16 nitrogen and oxygen atoms in total. The molecule has 2 unspecified atom stereocenters. The number of fused-ring (bicyclic) bond motifs is 4. The van der Waals surface area contributed by atoms with Crippen LogP contribution in [0.25, 0.3) is 78.4 Å². The van der Waals surface area contributed by atoms with E-state index in [9.17, 15) is 15.0 Å². The standard InChI is InChI=1S/C65H66N13O3/c1-36(2)53-47(30-42-32-72(5)71-60(42)66-53)62-70-57(59(75(62)8)41-27-28-41)46-23-16-24-50-55(46)68-64(51(79)29-38-17-11-9-12-18-38)77(50)78-61-43(33-73(78)6)31-48(54(67-61)37(3)4)63-69-56(58(74(63)7)40-25-26-40)44-21-15-22-45-49(44)34-76(65(45)81)35-52(80)39-19-13-10-14-20-39/h9-24,30-33,36-37,40-41,51-52,79-80H,25-29,34-35H2,1-8H3/q+1. The molecule has 81 heavy (non-hydrogen) atoms. The molecular weight excluding hydrogens is 1010 g/mol. The SMILES string of the molecule is CC(C)c1nc2c(cc1-c1nc(-c3cccc4c3CN(CC(O)c3ccccc3)C4=O)c(C3CC3)n1C)cn(C)[n+]2-n1c(C(O)Cc2ccccc2)nc2c(-c3nc(-c4cc5cn(C)nc5nc4C(C)C)n(C)c3C3CC3)cccc21. The summed E-state index contributed by atoms with van der Waals surface area (Å²) in [5.41, 5.74) is 16.0. The molecule has 2 aliphatic carbocycles. The Labute approximate surface area is 469 Å². The lowest BCUT2D eigenvalue weighted by Gasteiger charge is -2.20. The van der Waals surface area contributed by atoms with Crippen LogP contribution in [-0.4, -0.2) is 80.8 Å². The molecule has 408 valence electrons. The summed E-state index contributed by atoms with van der Waals surface area (Å²) in [6, 6.07) is 36.2. The van der Waals surface area contributed by atoms with Crippen LogP contribution in [0.4, 0.5) is 0 Å². The molecule has 2 fully saturated rings. The smallest absolute Gasteiger partial charge is 0.375 e. The number of carbonyl (C=O) groups is 1. The zero-order valence-electron chi connectivity index (χ0n) is 47.1. The molecule has 1 aliphatic heterocycles. The van der Waals surface area contributed by atoms with Gasteiger partial charge in [-0.1, -0.05) is 113 Å². The van der Waals surface area contributed by atoms with Gasteiger partial charge >= 0.3 is 5.65 Å².